The van der Waals surface area contributed by atoms with Gasteiger partial charge in [-0.15, -0.1) is 11.3 Å². The third-order valence-corrected chi connectivity index (χ3v) is 8.12. The summed E-state index contributed by atoms with van der Waals surface area (Å²) < 4.78 is 38.7. The first-order valence-corrected chi connectivity index (χ1v) is 11.5. The Morgan fingerprint density at radius 3 is 2.33 bits per heavy atom. The van der Waals surface area contributed by atoms with Gasteiger partial charge in [0, 0.05) is 48.6 Å². The van der Waals surface area contributed by atoms with Crippen molar-refractivity contribution in [2.24, 2.45) is 0 Å². The molecule has 1 fully saturated rings. The predicted octanol–water partition coefficient (Wildman–Crippen LogP) is 2.74. The Kier molecular flexibility index (Phi) is 6.42. The SMILES string of the molecule is COc1cc(Br)c(S(=O)(=O)N2CCN(Cc3csc(C)n3)CC2)cc1OC. The third kappa shape index (κ3) is 4.45. The molecule has 0 aliphatic carbocycles. The van der Waals surface area contributed by atoms with Crippen LogP contribution in [-0.2, 0) is 16.6 Å². The maximum Gasteiger partial charge on any atom is 0.244 e. The van der Waals surface area contributed by atoms with Gasteiger partial charge in [0.2, 0.25) is 10.0 Å². The van der Waals surface area contributed by atoms with E-state index >= 15 is 0 Å². The number of hydrogen-bond acceptors (Lipinski definition) is 7. The van der Waals surface area contributed by atoms with Gasteiger partial charge in [-0.05, 0) is 28.9 Å². The quantitative estimate of drug-likeness (QED) is 0.639. The minimum Gasteiger partial charge on any atom is -0.493 e. The monoisotopic (exact) mass is 475 g/mol. The lowest BCUT2D eigenvalue weighted by molar-refractivity contribution is 0.180. The molecule has 1 aliphatic rings. The summed E-state index contributed by atoms with van der Waals surface area (Å²) in [6.45, 7) is 4.94. The number of rotatable bonds is 6. The van der Waals surface area contributed by atoms with Gasteiger partial charge in [-0.25, -0.2) is 13.4 Å². The van der Waals surface area contributed by atoms with E-state index in [0.717, 1.165) is 17.2 Å². The molecule has 0 saturated carbocycles. The average Bonchev–Trinajstić information content (AvgIpc) is 3.06. The fourth-order valence-corrected chi connectivity index (χ4v) is 6.03. The van der Waals surface area contributed by atoms with Crippen molar-refractivity contribution in [1.29, 1.82) is 0 Å². The number of aryl methyl sites for hydroxylation is 1. The molecule has 0 amide bonds. The molecule has 0 spiro atoms. The van der Waals surface area contributed by atoms with E-state index in [9.17, 15) is 8.42 Å². The molecular formula is C17H22BrN3O4S2. The molecule has 0 unspecified atom stereocenters. The number of methoxy groups -OCH3 is 2. The van der Waals surface area contributed by atoms with E-state index in [0.29, 0.717) is 42.2 Å². The summed E-state index contributed by atoms with van der Waals surface area (Å²) in [7, 11) is -0.629. The molecule has 1 aromatic heterocycles. The first-order valence-electron chi connectivity index (χ1n) is 8.40. The van der Waals surface area contributed by atoms with Crippen LogP contribution in [0.3, 0.4) is 0 Å². The predicted molar refractivity (Wildman–Crippen MR) is 108 cm³/mol. The minimum absolute atomic E-state index is 0.184. The molecule has 7 nitrogen and oxygen atoms in total. The molecule has 2 aromatic rings. The first-order chi connectivity index (χ1) is 12.8. The van der Waals surface area contributed by atoms with Gasteiger partial charge in [-0.1, -0.05) is 0 Å². The van der Waals surface area contributed by atoms with Gasteiger partial charge in [0.15, 0.2) is 11.5 Å². The van der Waals surface area contributed by atoms with Crippen molar-refractivity contribution in [3.63, 3.8) is 0 Å². The maximum absolute atomic E-state index is 13.1. The normalized spacial score (nSPS) is 16.4. The van der Waals surface area contributed by atoms with Crippen molar-refractivity contribution in [2.75, 3.05) is 40.4 Å². The Balaban J connectivity index is 1.73. The van der Waals surface area contributed by atoms with Crippen LogP contribution in [0.15, 0.2) is 26.9 Å². The highest BCUT2D eigenvalue weighted by molar-refractivity contribution is 9.10. The summed E-state index contributed by atoms with van der Waals surface area (Å²) in [5.74, 6) is 0.864. The molecular weight excluding hydrogens is 454 g/mol. The van der Waals surface area contributed by atoms with Crippen LogP contribution in [0.1, 0.15) is 10.7 Å². The Morgan fingerprint density at radius 1 is 1.15 bits per heavy atom. The summed E-state index contributed by atoms with van der Waals surface area (Å²) in [4.78, 5) is 6.89. The number of halogens is 1. The number of ether oxygens (including phenoxy) is 2. The standard InChI is InChI=1S/C17H22BrN3O4S2/c1-12-19-13(11-26-12)10-20-4-6-21(7-5-20)27(22,23)17-9-16(25-3)15(24-2)8-14(17)18/h8-9,11H,4-7,10H2,1-3H3. The smallest absolute Gasteiger partial charge is 0.244 e. The van der Waals surface area contributed by atoms with Crippen molar-refractivity contribution >= 4 is 37.3 Å². The lowest BCUT2D eigenvalue weighted by Crippen LogP contribution is -2.48. The van der Waals surface area contributed by atoms with E-state index in [1.54, 1.807) is 17.4 Å². The van der Waals surface area contributed by atoms with Crippen molar-refractivity contribution in [2.45, 2.75) is 18.4 Å². The molecule has 10 heteroatoms. The Labute approximate surface area is 172 Å². The Morgan fingerprint density at radius 2 is 1.78 bits per heavy atom. The van der Waals surface area contributed by atoms with Gasteiger partial charge in [-0.2, -0.15) is 4.31 Å². The summed E-state index contributed by atoms with van der Waals surface area (Å²) in [6.07, 6.45) is 0. The fourth-order valence-electron chi connectivity index (χ4n) is 3.01. The van der Waals surface area contributed by atoms with Crippen LogP contribution in [-0.4, -0.2) is 63.0 Å². The molecule has 0 bridgehead atoms. The molecule has 27 heavy (non-hydrogen) atoms. The van der Waals surface area contributed by atoms with E-state index in [4.69, 9.17) is 9.47 Å². The second kappa shape index (κ2) is 8.44. The van der Waals surface area contributed by atoms with Crippen LogP contribution in [0, 0.1) is 6.92 Å². The molecule has 2 heterocycles. The van der Waals surface area contributed by atoms with Crippen LogP contribution in [0.25, 0.3) is 0 Å². The lowest BCUT2D eigenvalue weighted by atomic mass is 10.3. The zero-order valence-corrected chi connectivity index (χ0v) is 18.7. The van der Waals surface area contributed by atoms with Gasteiger partial charge in [0.1, 0.15) is 4.90 Å². The molecule has 3 rings (SSSR count). The molecule has 148 valence electrons. The van der Waals surface area contributed by atoms with Crippen LogP contribution in [0.2, 0.25) is 0 Å². The topological polar surface area (TPSA) is 72.0 Å². The third-order valence-electron chi connectivity index (χ3n) is 4.44. The van der Waals surface area contributed by atoms with Crippen LogP contribution in [0.4, 0.5) is 0 Å². The molecule has 0 radical (unpaired) electrons. The van der Waals surface area contributed by atoms with Crippen molar-refractivity contribution in [3.05, 3.63) is 32.7 Å². The second-order valence-electron chi connectivity index (χ2n) is 6.18. The number of piperazine rings is 1. The lowest BCUT2D eigenvalue weighted by Gasteiger charge is -2.33. The van der Waals surface area contributed by atoms with E-state index < -0.39 is 10.0 Å². The van der Waals surface area contributed by atoms with Gasteiger partial charge in [0.25, 0.3) is 0 Å². The van der Waals surface area contributed by atoms with Crippen LogP contribution < -0.4 is 9.47 Å². The minimum atomic E-state index is -3.63. The largest absolute Gasteiger partial charge is 0.493 e. The van der Waals surface area contributed by atoms with Crippen molar-refractivity contribution < 1.29 is 17.9 Å². The summed E-state index contributed by atoms with van der Waals surface area (Å²) in [6, 6.07) is 3.12. The highest BCUT2D eigenvalue weighted by Crippen LogP contribution is 2.36. The summed E-state index contributed by atoms with van der Waals surface area (Å²) in [5, 5.41) is 3.10. The van der Waals surface area contributed by atoms with E-state index in [1.807, 2.05) is 6.92 Å². The number of aromatic nitrogens is 1. The molecule has 1 saturated heterocycles. The van der Waals surface area contributed by atoms with Crippen LogP contribution in [0.5, 0.6) is 11.5 Å². The van der Waals surface area contributed by atoms with Gasteiger partial charge < -0.3 is 9.47 Å². The van der Waals surface area contributed by atoms with E-state index in [1.165, 1.54) is 24.6 Å². The fraction of sp³-hybridized carbons (Fsp3) is 0.471. The highest BCUT2D eigenvalue weighted by Gasteiger charge is 2.31. The zero-order chi connectivity index (χ0) is 19.6. The first kappa shape index (κ1) is 20.5. The number of sulfonamides is 1. The van der Waals surface area contributed by atoms with E-state index in [2.05, 4.69) is 31.2 Å². The zero-order valence-electron chi connectivity index (χ0n) is 15.4. The molecule has 1 aliphatic heterocycles. The Bertz CT molecular complexity index is 909. The highest BCUT2D eigenvalue weighted by atomic mass is 79.9. The number of benzene rings is 1. The van der Waals surface area contributed by atoms with Gasteiger partial charge >= 0.3 is 0 Å². The average molecular weight is 476 g/mol. The van der Waals surface area contributed by atoms with Crippen molar-refractivity contribution in [3.8, 4) is 11.5 Å². The summed E-state index contributed by atoms with van der Waals surface area (Å²) >= 11 is 4.98. The second-order valence-corrected chi connectivity index (χ2v) is 10.00. The molecule has 0 N–H and O–H groups in total. The number of thiazole rings is 1. The van der Waals surface area contributed by atoms with E-state index in [-0.39, 0.29) is 4.90 Å². The van der Waals surface area contributed by atoms with Gasteiger partial charge in [0.05, 0.1) is 24.9 Å². The summed E-state index contributed by atoms with van der Waals surface area (Å²) in [5.41, 5.74) is 1.04. The van der Waals surface area contributed by atoms with Gasteiger partial charge in [-0.3, -0.25) is 4.90 Å². The number of nitrogens with zero attached hydrogens (tertiary/aromatic N) is 3. The van der Waals surface area contributed by atoms with Crippen LogP contribution >= 0.6 is 27.3 Å². The number of hydrogen-bond donors (Lipinski definition) is 0. The van der Waals surface area contributed by atoms with Crippen molar-refractivity contribution in [1.82, 2.24) is 14.2 Å². The Hall–Kier alpha value is -1.20. The maximum atomic E-state index is 13.1. The molecule has 0 atom stereocenters. The molecule has 1 aromatic carbocycles.